The van der Waals surface area contributed by atoms with Crippen molar-refractivity contribution in [3.05, 3.63) is 54.1 Å². The third-order valence-corrected chi connectivity index (χ3v) is 4.26. The number of rotatable bonds is 8. The fourth-order valence-corrected chi connectivity index (χ4v) is 2.91. The number of likely N-dealkylation sites (N-methyl/N-ethyl adjacent to an activating group) is 1. The van der Waals surface area contributed by atoms with E-state index in [4.69, 9.17) is 21.7 Å². The Morgan fingerprint density at radius 3 is 2.38 bits per heavy atom. The summed E-state index contributed by atoms with van der Waals surface area (Å²) in [6, 6.07) is 15.9. The average Bonchev–Trinajstić information content (AvgIpc) is 2.64. The monoisotopic (exact) mass is 373 g/mol. The van der Waals surface area contributed by atoms with E-state index in [-0.39, 0.29) is 6.04 Å². The third kappa shape index (κ3) is 5.34. The summed E-state index contributed by atoms with van der Waals surface area (Å²) in [7, 11) is 5.77. The number of hydrogen-bond donors (Lipinski definition) is 2. The first-order valence-electron chi connectivity index (χ1n) is 8.62. The summed E-state index contributed by atoms with van der Waals surface area (Å²) in [5, 5.41) is 7.07. The third-order valence-electron chi connectivity index (χ3n) is 4.01. The molecule has 0 aliphatic rings. The maximum absolute atomic E-state index is 5.63. The minimum atomic E-state index is 0.119. The molecule has 0 fully saturated rings. The second kappa shape index (κ2) is 9.99. The summed E-state index contributed by atoms with van der Waals surface area (Å²) >= 11 is 5.47. The molecule has 0 aromatic heterocycles. The fourth-order valence-electron chi connectivity index (χ4n) is 2.72. The molecule has 26 heavy (non-hydrogen) atoms. The van der Waals surface area contributed by atoms with Crippen molar-refractivity contribution in [2.24, 2.45) is 0 Å². The second-order valence-electron chi connectivity index (χ2n) is 5.99. The van der Waals surface area contributed by atoms with Crippen LogP contribution in [0, 0.1) is 0 Å². The van der Waals surface area contributed by atoms with Gasteiger partial charge < -0.3 is 25.0 Å². The van der Waals surface area contributed by atoms with Gasteiger partial charge in [0, 0.05) is 12.1 Å². The molecule has 0 aliphatic heterocycles. The maximum Gasteiger partial charge on any atom is 0.170 e. The molecule has 2 aromatic rings. The molecular weight excluding hydrogens is 346 g/mol. The average molecular weight is 374 g/mol. The molecule has 0 spiro atoms. The van der Waals surface area contributed by atoms with E-state index in [0.717, 1.165) is 22.7 Å². The predicted molar refractivity (Wildman–Crippen MR) is 111 cm³/mol. The number of hydrogen-bond acceptors (Lipinski definition) is 4. The van der Waals surface area contributed by atoms with Crippen LogP contribution in [-0.2, 0) is 0 Å². The van der Waals surface area contributed by atoms with Gasteiger partial charge in [0.1, 0.15) is 11.5 Å². The van der Waals surface area contributed by atoms with Gasteiger partial charge in [-0.3, -0.25) is 0 Å². The van der Waals surface area contributed by atoms with Crippen LogP contribution in [0.5, 0.6) is 11.5 Å². The van der Waals surface area contributed by atoms with Crippen LogP contribution in [0.25, 0.3) is 0 Å². The minimum Gasteiger partial charge on any atom is -0.496 e. The smallest absolute Gasteiger partial charge is 0.170 e. The Balaban J connectivity index is 2.04. The molecule has 140 valence electrons. The highest BCUT2D eigenvalue weighted by Gasteiger charge is 2.18. The topological polar surface area (TPSA) is 45.8 Å². The van der Waals surface area contributed by atoms with Crippen LogP contribution in [0.15, 0.2) is 48.5 Å². The van der Waals surface area contributed by atoms with Gasteiger partial charge in [0.15, 0.2) is 5.11 Å². The largest absolute Gasteiger partial charge is 0.496 e. The highest BCUT2D eigenvalue weighted by molar-refractivity contribution is 7.80. The normalized spacial score (nSPS) is 11.7. The van der Waals surface area contributed by atoms with Crippen LogP contribution in [0.2, 0.25) is 0 Å². The number of methoxy groups -OCH3 is 1. The first-order chi connectivity index (χ1) is 12.6. The van der Waals surface area contributed by atoms with E-state index < -0.39 is 0 Å². The number of ether oxygens (including phenoxy) is 2. The van der Waals surface area contributed by atoms with Gasteiger partial charge in [0.05, 0.1) is 25.4 Å². The summed E-state index contributed by atoms with van der Waals surface area (Å²) < 4.78 is 11.1. The van der Waals surface area contributed by atoms with Gasteiger partial charge in [-0.15, -0.1) is 0 Å². The molecule has 5 nitrogen and oxygen atoms in total. The van der Waals surface area contributed by atoms with Crippen LogP contribution < -0.4 is 20.1 Å². The van der Waals surface area contributed by atoms with Crippen LogP contribution in [-0.4, -0.2) is 44.4 Å². The van der Waals surface area contributed by atoms with Crippen molar-refractivity contribution in [3.8, 4) is 11.5 Å². The van der Waals surface area contributed by atoms with E-state index >= 15 is 0 Å². The van der Waals surface area contributed by atoms with Crippen molar-refractivity contribution >= 4 is 23.0 Å². The van der Waals surface area contributed by atoms with E-state index in [0.29, 0.717) is 18.3 Å². The van der Waals surface area contributed by atoms with Gasteiger partial charge in [-0.2, -0.15) is 0 Å². The van der Waals surface area contributed by atoms with Crippen molar-refractivity contribution in [2.75, 3.05) is 39.7 Å². The molecule has 0 unspecified atom stereocenters. The lowest BCUT2D eigenvalue weighted by Crippen LogP contribution is -2.37. The molecule has 0 heterocycles. The Labute approximate surface area is 161 Å². The zero-order valence-corrected chi connectivity index (χ0v) is 16.6. The molecule has 2 aromatic carbocycles. The molecule has 2 N–H and O–H groups in total. The summed E-state index contributed by atoms with van der Waals surface area (Å²) in [5.41, 5.74) is 1.97. The van der Waals surface area contributed by atoms with Crippen LogP contribution in [0.4, 0.5) is 5.69 Å². The highest BCUT2D eigenvalue weighted by atomic mass is 32.1. The zero-order chi connectivity index (χ0) is 18.9. The van der Waals surface area contributed by atoms with Crippen LogP contribution >= 0.6 is 12.2 Å². The van der Waals surface area contributed by atoms with E-state index in [1.807, 2.05) is 63.5 Å². The van der Waals surface area contributed by atoms with E-state index in [1.165, 1.54) is 0 Å². The lowest BCUT2D eigenvalue weighted by Gasteiger charge is -2.27. The van der Waals surface area contributed by atoms with Gasteiger partial charge in [-0.05, 0) is 51.4 Å². The molecule has 1 atom stereocenters. The number of benzene rings is 2. The Morgan fingerprint density at radius 1 is 1.08 bits per heavy atom. The van der Waals surface area contributed by atoms with E-state index in [1.54, 1.807) is 7.11 Å². The number of nitrogens with one attached hydrogen (secondary N) is 2. The first kappa shape index (κ1) is 20.0. The summed E-state index contributed by atoms with van der Waals surface area (Å²) in [4.78, 5) is 2.14. The van der Waals surface area contributed by atoms with Crippen molar-refractivity contribution in [1.29, 1.82) is 0 Å². The number of nitrogens with zero attached hydrogens (tertiary/aromatic N) is 1. The van der Waals surface area contributed by atoms with Crippen LogP contribution in [0.1, 0.15) is 18.5 Å². The molecule has 6 heteroatoms. The van der Waals surface area contributed by atoms with Crippen molar-refractivity contribution in [3.63, 3.8) is 0 Å². The Hall–Kier alpha value is -2.31. The second-order valence-corrected chi connectivity index (χ2v) is 6.39. The van der Waals surface area contributed by atoms with Crippen molar-refractivity contribution in [2.45, 2.75) is 13.0 Å². The van der Waals surface area contributed by atoms with Gasteiger partial charge in [-0.1, -0.05) is 30.3 Å². The number of thiocarbonyl (C=S) groups is 1. The molecule has 0 aliphatic carbocycles. The fraction of sp³-hybridized carbons (Fsp3) is 0.350. The zero-order valence-electron chi connectivity index (χ0n) is 15.8. The summed E-state index contributed by atoms with van der Waals surface area (Å²) in [6.07, 6.45) is 0. The maximum atomic E-state index is 5.63. The Morgan fingerprint density at radius 2 is 1.73 bits per heavy atom. The molecular formula is C20H27N3O2S. The Kier molecular flexibility index (Phi) is 7.69. The molecule has 0 saturated carbocycles. The molecule has 0 radical (unpaired) electrons. The van der Waals surface area contributed by atoms with E-state index in [2.05, 4.69) is 21.6 Å². The quantitative estimate of drug-likeness (QED) is 0.688. The summed E-state index contributed by atoms with van der Waals surface area (Å²) in [6.45, 7) is 3.22. The first-order valence-corrected chi connectivity index (χ1v) is 9.03. The number of anilines is 1. The van der Waals surface area contributed by atoms with Crippen LogP contribution in [0.3, 0.4) is 0 Å². The molecule has 0 bridgehead atoms. The van der Waals surface area contributed by atoms with Crippen molar-refractivity contribution < 1.29 is 9.47 Å². The van der Waals surface area contributed by atoms with Crippen molar-refractivity contribution in [1.82, 2.24) is 10.2 Å². The molecule has 2 rings (SSSR count). The highest BCUT2D eigenvalue weighted by Crippen LogP contribution is 2.27. The van der Waals surface area contributed by atoms with Gasteiger partial charge in [0.25, 0.3) is 0 Å². The van der Waals surface area contributed by atoms with E-state index in [9.17, 15) is 0 Å². The lowest BCUT2D eigenvalue weighted by atomic mass is 10.0. The lowest BCUT2D eigenvalue weighted by molar-refractivity contribution is 0.288. The summed E-state index contributed by atoms with van der Waals surface area (Å²) in [5.74, 6) is 1.65. The minimum absolute atomic E-state index is 0.119. The van der Waals surface area contributed by atoms with Gasteiger partial charge in [-0.25, -0.2) is 0 Å². The van der Waals surface area contributed by atoms with Gasteiger partial charge in [0.2, 0.25) is 0 Å². The predicted octanol–water partition coefficient (Wildman–Crippen LogP) is 3.68. The molecule has 0 saturated heterocycles. The molecule has 0 amide bonds. The Bertz CT molecular complexity index is 722. The standard InChI is InChI=1S/C20H27N3O2S/c1-5-25-19-13-9-7-11-16(19)22-20(26)21-14-17(23(2)3)15-10-6-8-12-18(15)24-4/h6-13,17H,5,14H2,1-4H3,(H2,21,22,26)/t17-/m1/s1. The number of para-hydroxylation sites is 3. The van der Waals surface area contributed by atoms with Gasteiger partial charge >= 0.3 is 0 Å². The SMILES string of the molecule is CCOc1ccccc1NC(=S)NC[C@H](c1ccccc1OC)N(C)C.